The van der Waals surface area contributed by atoms with Crippen molar-refractivity contribution in [3.63, 3.8) is 0 Å². The first-order valence-electron chi connectivity index (χ1n) is 6.00. The second-order valence-corrected chi connectivity index (χ2v) is 4.96. The van der Waals surface area contributed by atoms with Crippen molar-refractivity contribution in [3.8, 4) is 0 Å². The number of carbonyl (C=O) groups excluding carboxylic acids is 1. The molecule has 0 fully saturated rings. The van der Waals surface area contributed by atoms with Gasteiger partial charge in [0.05, 0.1) is 13.5 Å². The number of ether oxygens (including phenoxy) is 1. The molecule has 0 radical (unpaired) electrons. The number of carbonyl (C=O) groups is 1. The van der Waals surface area contributed by atoms with Gasteiger partial charge in [-0.05, 0) is 38.6 Å². The van der Waals surface area contributed by atoms with Crippen LogP contribution in [0, 0.1) is 0 Å². The molecule has 4 heteroatoms. The highest BCUT2D eigenvalue weighted by atomic mass is 35.5. The Labute approximate surface area is 114 Å². The van der Waals surface area contributed by atoms with Crippen LogP contribution in [0.2, 0.25) is 5.02 Å². The van der Waals surface area contributed by atoms with Gasteiger partial charge in [0.1, 0.15) is 0 Å². The topological polar surface area (TPSA) is 29.5 Å². The number of halogens is 1. The third-order valence-corrected chi connectivity index (χ3v) is 3.60. The summed E-state index contributed by atoms with van der Waals surface area (Å²) in [5.41, 5.74) is 1.18. The van der Waals surface area contributed by atoms with E-state index in [1.807, 2.05) is 38.2 Å². The van der Waals surface area contributed by atoms with Crippen LogP contribution in [0.15, 0.2) is 24.3 Å². The molecule has 0 aliphatic heterocycles. The van der Waals surface area contributed by atoms with Gasteiger partial charge in [-0.25, -0.2) is 0 Å². The molecule has 0 saturated carbocycles. The van der Waals surface area contributed by atoms with Gasteiger partial charge < -0.3 is 4.74 Å². The van der Waals surface area contributed by atoms with E-state index in [4.69, 9.17) is 11.6 Å². The third-order valence-electron chi connectivity index (χ3n) is 3.35. The second kappa shape index (κ2) is 6.76. The molecule has 2 unspecified atom stereocenters. The van der Waals surface area contributed by atoms with Crippen molar-refractivity contribution >= 4 is 17.6 Å². The molecule has 0 saturated heterocycles. The number of hydrogen-bond donors (Lipinski definition) is 0. The van der Waals surface area contributed by atoms with Gasteiger partial charge in [-0.15, -0.1) is 0 Å². The summed E-state index contributed by atoms with van der Waals surface area (Å²) in [6.45, 7) is 4.13. The Kier molecular flexibility index (Phi) is 5.63. The van der Waals surface area contributed by atoms with Gasteiger partial charge in [0.15, 0.2) is 0 Å². The first-order valence-corrected chi connectivity index (χ1v) is 6.37. The van der Waals surface area contributed by atoms with E-state index in [0.29, 0.717) is 6.42 Å². The summed E-state index contributed by atoms with van der Waals surface area (Å²) in [7, 11) is 3.42. The number of nitrogens with zero attached hydrogens (tertiary/aromatic N) is 1. The molecule has 0 heterocycles. The van der Waals surface area contributed by atoms with Crippen LogP contribution in [0.1, 0.15) is 31.9 Å². The van der Waals surface area contributed by atoms with Crippen LogP contribution in [0.3, 0.4) is 0 Å². The first-order chi connectivity index (χ1) is 8.45. The highest BCUT2D eigenvalue weighted by Gasteiger charge is 2.19. The number of methoxy groups -OCH3 is 1. The molecule has 1 aromatic carbocycles. The molecule has 0 spiro atoms. The molecule has 0 N–H and O–H groups in total. The fourth-order valence-electron chi connectivity index (χ4n) is 1.83. The molecule has 0 aliphatic rings. The lowest BCUT2D eigenvalue weighted by atomic mass is 10.1. The molecular formula is C14H20ClNO2. The fraction of sp³-hybridized carbons (Fsp3) is 0.500. The van der Waals surface area contributed by atoms with E-state index in [0.717, 1.165) is 5.02 Å². The van der Waals surface area contributed by atoms with Crippen LogP contribution in [0.4, 0.5) is 0 Å². The zero-order valence-electron chi connectivity index (χ0n) is 11.3. The van der Waals surface area contributed by atoms with E-state index < -0.39 is 0 Å². The molecular weight excluding hydrogens is 250 g/mol. The van der Waals surface area contributed by atoms with Gasteiger partial charge in [-0.3, -0.25) is 9.69 Å². The fourth-order valence-corrected chi connectivity index (χ4v) is 1.95. The minimum Gasteiger partial charge on any atom is -0.469 e. The lowest BCUT2D eigenvalue weighted by Crippen LogP contribution is -2.33. The van der Waals surface area contributed by atoms with Crippen molar-refractivity contribution < 1.29 is 9.53 Å². The van der Waals surface area contributed by atoms with Gasteiger partial charge in [0.2, 0.25) is 0 Å². The van der Waals surface area contributed by atoms with Crippen molar-refractivity contribution in [3.05, 3.63) is 34.9 Å². The van der Waals surface area contributed by atoms with Crippen LogP contribution >= 0.6 is 11.6 Å². The summed E-state index contributed by atoms with van der Waals surface area (Å²) in [5.74, 6) is -0.183. The molecule has 2 atom stereocenters. The summed E-state index contributed by atoms with van der Waals surface area (Å²) in [6.07, 6.45) is 0.394. The quantitative estimate of drug-likeness (QED) is 0.769. The van der Waals surface area contributed by atoms with Crippen molar-refractivity contribution in [1.29, 1.82) is 0 Å². The Morgan fingerprint density at radius 3 is 2.39 bits per heavy atom. The molecule has 0 aromatic heterocycles. The average Bonchev–Trinajstić information content (AvgIpc) is 2.37. The number of hydrogen-bond acceptors (Lipinski definition) is 3. The first kappa shape index (κ1) is 15.0. The van der Waals surface area contributed by atoms with Gasteiger partial charge in [-0.2, -0.15) is 0 Å². The van der Waals surface area contributed by atoms with Crippen LogP contribution in [0.25, 0.3) is 0 Å². The largest absolute Gasteiger partial charge is 0.469 e. The third kappa shape index (κ3) is 4.00. The Bertz CT molecular complexity index is 391. The predicted molar refractivity (Wildman–Crippen MR) is 73.7 cm³/mol. The molecule has 0 amide bonds. The minimum atomic E-state index is -0.183. The lowest BCUT2D eigenvalue weighted by molar-refractivity contribution is -0.141. The van der Waals surface area contributed by atoms with Crippen molar-refractivity contribution in [2.24, 2.45) is 0 Å². The summed E-state index contributed by atoms with van der Waals surface area (Å²) >= 11 is 5.87. The van der Waals surface area contributed by atoms with Crippen molar-refractivity contribution in [2.45, 2.75) is 32.4 Å². The monoisotopic (exact) mass is 269 g/mol. The van der Waals surface area contributed by atoms with Gasteiger partial charge >= 0.3 is 5.97 Å². The van der Waals surface area contributed by atoms with Crippen LogP contribution in [-0.2, 0) is 9.53 Å². The van der Waals surface area contributed by atoms with E-state index >= 15 is 0 Å². The van der Waals surface area contributed by atoms with E-state index in [2.05, 4.69) is 16.6 Å². The summed E-state index contributed by atoms with van der Waals surface area (Å²) in [4.78, 5) is 13.4. The SMILES string of the molecule is COC(=O)CC(C)N(C)C(C)c1ccc(Cl)cc1. The Balaban J connectivity index is 2.68. The predicted octanol–water partition coefficient (Wildman–Crippen LogP) is 3.28. The molecule has 0 bridgehead atoms. The maximum Gasteiger partial charge on any atom is 0.307 e. The summed E-state index contributed by atoms with van der Waals surface area (Å²) in [6, 6.07) is 8.13. The number of rotatable bonds is 5. The summed E-state index contributed by atoms with van der Waals surface area (Å²) < 4.78 is 4.69. The van der Waals surface area contributed by atoms with Crippen LogP contribution < -0.4 is 0 Å². The maximum atomic E-state index is 11.3. The zero-order chi connectivity index (χ0) is 13.7. The smallest absolute Gasteiger partial charge is 0.307 e. The average molecular weight is 270 g/mol. The minimum absolute atomic E-state index is 0.128. The van der Waals surface area contributed by atoms with E-state index in [-0.39, 0.29) is 18.1 Å². The van der Waals surface area contributed by atoms with Gasteiger partial charge in [0.25, 0.3) is 0 Å². The molecule has 1 aromatic rings. The highest BCUT2D eigenvalue weighted by Crippen LogP contribution is 2.23. The standard InChI is InChI=1S/C14H20ClNO2/c1-10(9-14(17)18-4)16(3)11(2)12-5-7-13(15)8-6-12/h5-8,10-11H,9H2,1-4H3. The highest BCUT2D eigenvalue weighted by molar-refractivity contribution is 6.30. The molecule has 1 rings (SSSR count). The van der Waals surface area contributed by atoms with E-state index in [1.165, 1.54) is 12.7 Å². The van der Waals surface area contributed by atoms with Gasteiger partial charge in [0, 0.05) is 17.1 Å². The molecule has 0 aliphatic carbocycles. The lowest BCUT2D eigenvalue weighted by Gasteiger charge is -2.30. The second-order valence-electron chi connectivity index (χ2n) is 4.52. The van der Waals surface area contributed by atoms with Crippen LogP contribution in [0.5, 0.6) is 0 Å². The Hall–Kier alpha value is -1.06. The maximum absolute atomic E-state index is 11.3. The normalized spacial score (nSPS) is 14.3. The van der Waals surface area contributed by atoms with Crippen LogP contribution in [-0.4, -0.2) is 31.1 Å². The van der Waals surface area contributed by atoms with E-state index in [9.17, 15) is 4.79 Å². The summed E-state index contributed by atoms with van der Waals surface area (Å²) in [5, 5.41) is 0.733. The number of benzene rings is 1. The van der Waals surface area contributed by atoms with Gasteiger partial charge in [-0.1, -0.05) is 23.7 Å². The van der Waals surface area contributed by atoms with Crippen molar-refractivity contribution in [1.82, 2.24) is 4.90 Å². The van der Waals surface area contributed by atoms with Crippen molar-refractivity contribution in [2.75, 3.05) is 14.2 Å². The van der Waals surface area contributed by atoms with E-state index in [1.54, 1.807) is 0 Å². The number of esters is 1. The molecule has 3 nitrogen and oxygen atoms in total. The molecule has 18 heavy (non-hydrogen) atoms. The Morgan fingerprint density at radius 2 is 1.89 bits per heavy atom. The Morgan fingerprint density at radius 1 is 1.33 bits per heavy atom. The zero-order valence-corrected chi connectivity index (χ0v) is 12.1. The molecule has 100 valence electrons.